The molecule has 6 heteroatoms. The smallest absolute Gasteiger partial charge is 0.305 e. The Balaban J connectivity index is 2.13. The van der Waals surface area contributed by atoms with Gasteiger partial charge in [0, 0.05) is 18.1 Å². The van der Waals surface area contributed by atoms with Gasteiger partial charge in [-0.3, -0.25) is 9.59 Å². The average Bonchev–Trinajstić information content (AvgIpc) is 2.47. The van der Waals surface area contributed by atoms with Crippen molar-refractivity contribution < 1.29 is 14.7 Å². The van der Waals surface area contributed by atoms with Crippen molar-refractivity contribution in [2.45, 2.75) is 38.6 Å². The Bertz CT molecular complexity index is 369. The number of nitrogens with one attached hydrogen (secondary N) is 1. The molecule has 2 fully saturated rings. The summed E-state index contributed by atoms with van der Waals surface area (Å²) >= 11 is 1.75. The Morgan fingerprint density at radius 2 is 2.10 bits per heavy atom. The fourth-order valence-electron chi connectivity index (χ4n) is 3.22. The van der Waals surface area contributed by atoms with E-state index in [1.165, 1.54) is 0 Å². The van der Waals surface area contributed by atoms with Crippen LogP contribution in [-0.2, 0) is 9.59 Å². The number of carboxylic acid groups (broad SMARTS) is 1. The summed E-state index contributed by atoms with van der Waals surface area (Å²) < 4.78 is 0. The van der Waals surface area contributed by atoms with Crippen LogP contribution in [0.15, 0.2) is 0 Å². The Morgan fingerprint density at radius 1 is 1.40 bits per heavy atom. The van der Waals surface area contributed by atoms with Gasteiger partial charge in [-0.2, -0.15) is 11.8 Å². The van der Waals surface area contributed by atoms with Gasteiger partial charge in [0.2, 0.25) is 5.91 Å². The second-order valence-corrected chi connectivity index (χ2v) is 6.86. The lowest BCUT2D eigenvalue weighted by Gasteiger charge is -2.43. The molecule has 114 valence electrons. The van der Waals surface area contributed by atoms with Crippen molar-refractivity contribution in [3.63, 3.8) is 0 Å². The number of thioether (sulfide) groups is 1. The molecular formula is C14H24N2O3S. The van der Waals surface area contributed by atoms with Crippen LogP contribution < -0.4 is 5.32 Å². The van der Waals surface area contributed by atoms with Gasteiger partial charge in [-0.15, -0.1) is 0 Å². The van der Waals surface area contributed by atoms with E-state index in [9.17, 15) is 9.59 Å². The van der Waals surface area contributed by atoms with Crippen molar-refractivity contribution in [3.05, 3.63) is 0 Å². The first-order valence-corrected chi connectivity index (χ1v) is 8.56. The highest BCUT2D eigenvalue weighted by molar-refractivity contribution is 7.99. The van der Waals surface area contributed by atoms with Gasteiger partial charge >= 0.3 is 5.97 Å². The third kappa shape index (κ3) is 3.28. The van der Waals surface area contributed by atoms with Gasteiger partial charge in [-0.1, -0.05) is 6.92 Å². The van der Waals surface area contributed by atoms with Crippen molar-refractivity contribution in [2.24, 2.45) is 5.41 Å². The second-order valence-electron chi connectivity index (χ2n) is 5.71. The number of hydrogen-bond acceptors (Lipinski definition) is 4. The quantitative estimate of drug-likeness (QED) is 0.816. The number of nitrogens with zero attached hydrogens (tertiary/aromatic N) is 1. The van der Waals surface area contributed by atoms with Crippen LogP contribution in [0.25, 0.3) is 0 Å². The largest absolute Gasteiger partial charge is 0.481 e. The number of carbonyl (C=O) groups is 2. The molecule has 0 spiro atoms. The van der Waals surface area contributed by atoms with Crippen LogP contribution in [0.2, 0.25) is 0 Å². The van der Waals surface area contributed by atoms with Gasteiger partial charge in [-0.05, 0) is 32.4 Å². The van der Waals surface area contributed by atoms with Gasteiger partial charge in [0.1, 0.15) is 0 Å². The lowest BCUT2D eigenvalue weighted by atomic mass is 9.75. The van der Waals surface area contributed by atoms with Gasteiger partial charge in [-0.25, -0.2) is 0 Å². The van der Waals surface area contributed by atoms with Gasteiger partial charge in [0.05, 0.1) is 17.9 Å². The van der Waals surface area contributed by atoms with E-state index in [0.29, 0.717) is 6.54 Å². The maximum absolute atomic E-state index is 13.0. The van der Waals surface area contributed by atoms with E-state index in [1.807, 2.05) is 4.90 Å². The second kappa shape index (κ2) is 6.80. The number of carbonyl (C=O) groups excluding carboxylic acids is 1. The molecule has 2 aliphatic heterocycles. The van der Waals surface area contributed by atoms with Crippen LogP contribution in [0.5, 0.6) is 0 Å². The zero-order valence-corrected chi connectivity index (χ0v) is 12.9. The highest BCUT2D eigenvalue weighted by Gasteiger charge is 2.43. The Kier molecular flexibility index (Phi) is 5.32. The SMILES string of the molecule is CCC1(C(=O)N2CCSCC2CC(=O)O)CCNCC1. The number of rotatable bonds is 4. The first-order chi connectivity index (χ1) is 9.59. The highest BCUT2D eigenvalue weighted by atomic mass is 32.2. The summed E-state index contributed by atoms with van der Waals surface area (Å²) in [5.74, 6) is 1.04. The molecule has 20 heavy (non-hydrogen) atoms. The third-order valence-electron chi connectivity index (χ3n) is 4.59. The van der Waals surface area contributed by atoms with Crippen molar-refractivity contribution >= 4 is 23.6 Å². The van der Waals surface area contributed by atoms with E-state index >= 15 is 0 Å². The normalized spacial score (nSPS) is 26.2. The Labute approximate surface area is 124 Å². The number of aliphatic carboxylic acids is 1. The molecule has 0 aromatic rings. The summed E-state index contributed by atoms with van der Waals surface area (Å²) in [7, 11) is 0. The van der Waals surface area contributed by atoms with Crippen LogP contribution >= 0.6 is 11.8 Å². The minimum absolute atomic E-state index is 0.0663. The molecule has 1 unspecified atom stereocenters. The Hall–Kier alpha value is -0.750. The molecule has 2 heterocycles. The molecule has 1 atom stereocenters. The maximum Gasteiger partial charge on any atom is 0.305 e. The van der Waals surface area contributed by atoms with E-state index < -0.39 is 5.97 Å². The van der Waals surface area contributed by atoms with Crippen molar-refractivity contribution in [3.8, 4) is 0 Å². The first kappa shape index (κ1) is 15.6. The summed E-state index contributed by atoms with van der Waals surface area (Å²) in [4.78, 5) is 25.9. The lowest BCUT2D eigenvalue weighted by Crippen LogP contribution is -2.55. The molecule has 2 saturated heterocycles. The zero-order valence-electron chi connectivity index (χ0n) is 12.1. The molecule has 0 aromatic heterocycles. The van der Waals surface area contributed by atoms with Crippen molar-refractivity contribution in [1.29, 1.82) is 0 Å². The molecule has 0 aromatic carbocycles. The summed E-state index contributed by atoms with van der Waals surface area (Å²) in [5.41, 5.74) is -0.274. The first-order valence-electron chi connectivity index (χ1n) is 7.40. The van der Waals surface area contributed by atoms with Crippen molar-refractivity contribution in [2.75, 3.05) is 31.1 Å². The molecule has 0 aliphatic carbocycles. The van der Waals surface area contributed by atoms with E-state index in [2.05, 4.69) is 12.2 Å². The molecule has 0 saturated carbocycles. The van der Waals surface area contributed by atoms with Gasteiger partial charge in [0.25, 0.3) is 0 Å². The minimum Gasteiger partial charge on any atom is -0.481 e. The van der Waals surface area contributed by atoms with Gasteiger partial charge in [0.15, 0.2) is 0 Å². The van der Waals surface area contributed by atoms with E-state index in [0.717, 1.165) is 43.9 Å². The molecular weight excluding hydrogens is 276 g/mol. The van der Waals surface area contributed by atoms with Crippen molar-refractivity contribution in [1.82, 2.24) is 10.2 Å². The summed E-state index contributed by atoms with van der Waals surface area (Å²) in [6, 6.07) is -0.142. The fourth-order valence-corrected chi connectivity index (χ4v) is 4.28. The average molecular weight is 300 g/mol. The number of hydrogen-bond donors (Lipinski definition) is 2. The molecule has 0 radical (unpaired) electrons. The minimum atomic E-state index is -0.814. The maximum atomic E-state index is 13.0. The lowest BCUT2D eigenvalue weighted by molar-refractivity contribution is -0.148. The van der Waals surface area contributed by atoms with Crippen LogP contribution in [-0.4, -0.2) is 59.1 Å². The van der Waals surface area contributed by atoms with Crippen LogP contribution in [0.1, 0.15) is 32.6 Å². The highest BCUT2D eigenvalue weighted by Crippen LogP contribution is 2.36. The van der Waals surface area contributed by atoms with E-state index in [1.54, 1.807) is 11.8 Å². The monoisotopic (exact) mass is 300 g/mol. The standard InChI is InChI=1S/C14H24N2O3S/c1-2-14(3-5-15-6-4-14)13(19)16-7-8-20-10-11(16)9-12(17)18/h11,15H,2-10H2,1H3,(H,17,18). The van der Waals surface area contributed by atoms with Crippen LogP contribution in [0.4, 0.5) is 0 Å². The van der Waals surface area contributed by atoms with E-state index in [-0.39, 0.29) is 23.8 Å². The zero-order chi connectivity index (χ0) is 14.6. The predicted molar refractivity (Wildman–Crippen MR) is 79.9 cm³/mol. The predicted octanol–water partition coefficient (Wildman–Crippen LogP) is 1.18. The summed E-state index contributed by atoms with van der Waals surface area (Å²) in [6.45, 7) is 4.53. The number of piperidine rings is 1. The van der Waals surface area contributed by atoms with Crippen LogP contribution in [0, 0.1) is 5.41 Å². The molecule has 1 amide bonds. The Morgan fingerprint density at radius 3 is 2.70 bits per heavy atom. The molecule has 2 aliphatic rings. The topological polar surface area (TPSA) is 69.6 Å². The fraction of sp³-hybridized carbons (Fsp3) is 0.857. The molecule has 5 nitrogen and oxygen atoms in total. The molecule has 0 bridgehead atoms. The third-order valence-corrected chi connectivity index (χ3v) is 5.68. The molecule has 2 N–H and O–H groups in total. The summed E-state index contributed by atoms with van der Waals surface area (Å²) in [6.07, 6.45) is 2.64. The molecule has 2 rings (SSSR count). The van der Waals surface area contributed by atoms with E-state index in [4.69, 9.17) is 5.11 Å². The number of carboxylic acids is 1. The number of amides is 1. The van der Waals surface area contributed by atoms with Gasteiger partial charge < -0.3 is 15.3 Å². The van der Waals surface area contributed by atoms with Crippen LogP contribution in [0.3, 0.4) is 0 Å². The summed E-state index contributed by atoms with van der Waals surface area (Å²) in [5, 5.41) is 12.3.